The molecule has 2 N–H and O–H groups in total. The lowest BCUT2D eigenvalue weighted by molar-refractivity contribution is 0.00896. The quantitative estimate of drug-likeness (QED) is 0.895. The number of carboxylic acid groups (broad SMARTS) is 1. The third kappa shape index (κ3) is 3.72. The topological polar surface area (TPSA) is 78.9 Å². The van der Waals surface area contributed by atoms with Crippen LogP contribution in [0, 0.1) is 5.92 Å². The number of likely N-dealkylation sites (tertiary alicyclic amines) is 1. The van der Waals surface area contributed by atoms with Gasteiger partial charge in [-0.05, 0) is 36.6 Å². The lowest BCUT2D eigenvalue weighted by Gasteiger charge is -2.36. The third-order valence-electron chi connectivity index (χ3n) is 3.86. The first kappa shape index (κ1) is 15.3. The number of amides is 2. The number of ether oxygens (including phenoxy) is 1. The van der Waals surface area contributed by atoms with E-state index in [2.05, 4.69) is 12.2 Å². The van der Waals surface area contributed by atoms with Gasteiger partial charge in [0.15, 0.2) is 0 Å². The molecule has 0 saturated carbocycles. The molecule has 114 valence electrons. The first-order valence-corrected chi connectivity index (χ1v) is 6.93. The second kappa shape index (κ2) is 6.58. The summed E-state index contributed by atoms with van der Waals surface area (Å²) in [7, 11) is 1.66. The number of hydrogen-bond acceptors (Lipinski definition) is 3. The molecule has 0 aliphatic carbocycles. The molecule has 1 heterocycles. The van der Waals surface area contributed by atoms with Gasteiger partial charge in [0.2, 0.25) is 0 Å². The number of nitrogens with one attached hydrogen (secondary N) is 1. The van der Waals surface area contributed by atoms with E-state index >= 15 is 0 Å². The maximum Gasteiger partial charge on any atom is 0.335 e. The van der Waals surface area contributed by atoms with Crippen LogP contribution in [0.15, 0.2) is 24.3 Å². The maximum atomic E-state index is 12.2. The Morgan fingerprint density at radius 1 is 1.33 bits per heavy atom. The fourth-order valence-corrected chi connectivity index (χ4v) is 2.42. The van der Waals surface area contributed by atoms with Gasteiger partial charge in [0, 0.05) is 25.9 Å². The van der Waals surface area contributed by atoms with E-state index in [1.54, 1.807) is 24.1 Å². The van der Waals surface area contributed by atoms with E-state index in [9.17, 15) is 9.59 Å². The van der Waals surface area contributed by atoms with Gasteiger partial charge in [-0.15, -0.1) is 0 Å². The number of urea groups is 1. The molecule has 0 bridgehead atoms. The van der Waals surface area contributed by atoms with Crippen LogP contribution in [-0.4, -0.2) is 48.3 Å². The van der Waals surface area contributed by atoms with Crippen molar-refractivity contribution in [3.05, 3.63) is 29.8 Å². The number of benzene rings is 1. The van der Waals surface area contributed by atoms with Gasteiger partial charge < -0.3 is 20.1 Å². The van der Waals surface area contributed by atoms with Crippen LogP contribution in [0.3, 0.4) is 0 Å². The summed E-state index contributed by atoms with van der Waals surface area (Å²) in [6.07, 6.45) is 0.961. The molecule has 1 aliphatic heterocycles. The van der Waals surface area contributed by atoms with Crippen molar-refractivity contribution in [3.63, 3.8) is 0 Å². The van der Waals surface area contributed by atoms with Crippen LogP contribution in [0.1, 0.15) is 23.7 Å². The van der Waals surface area contributed by atoms with Gasteiger partial charge in [-0.1, -0.05) is 6.92 Å². The number of carbonyl (C=O) groups is 2. The summed E-state index contributed by atoms with van der Waals surface area (Å²) in [6, 6.07) is 5.92. The van der Waals surface area contributed by atoms with Gasteiger partial charge >= 0.3 is 12.0 Å². The number of carbonyl (C=O) groups excluding carboxylic acids is 1. The zero-order chi connectivity index (χ0) is 15.4. The van der Waals surface area contributed by atoms with Crippen molar-refractivity contribution in [1.82, 2.24) is 4.90 Å². The average molecular weight is 292 g/mol. The van der Waals surface area contributed by atoms with E-state index in [0.717, 1.165) is 6.42 Å². The highest BCUT2D eigenvalue weighted by Crippen LogP contribution is 2.20. The van der Waals surface area contributed by atoms with Crippen LogP contribution >= 0.6 is 0 Å². The maximum absolute atomic E-state index is 12.2. The zero-order valence-electron chi connectivity index (χ0n) is 12.2. The fourth-order valence-electron chi connectivity index (χ4n) is 2.42. The lowest BCUT2D eigenvalue weighted by Crippen LogP contribution is -2.48. The van der Waals surface area contributed by atoms with Crippen molar-refractivity contribution < 1.29 is 19.4 Å². The summed E-state index contributed by atoms with van der Waals surface area (Å²) in [5.74, 6) is -0.547. The highest BCUT2D eigenvalue weighted by Gasteiger charge is 2.28. The minimum atomic E-state index is -0.985. The summed E-state index contributed by atoms with van der Waals surface area (Å²) < 4.78 is 5.39. The largest absolute Gasteiger partial charge is 0.478 e. The van der Waals surface area contributed by atoms with Crippen molar-refractivity contribution >= 4 is 17.7 Å². The van der Waals surface area contributed by atoms with Crippen molar-refractivity contribution in [2.45, 2.75) is 19.4 Å². The molecule has 1 fully saturated rings. The first-order chi connectivity index (χ1) is 10.0. The number of carboxylic acids is 1. The minimum Gasteiger partial charge on any atom is -0.478 e. The summed E-state index contributed by atoms with van der Waals surface area (Å²) in [5, 5.41) is 11.6. The van der Waals surface area contributed by atoms with Crippen LogP contribution in [0.2, 0.25) is 0 Å². The Bertz CT molecular complexity index is 515. The molecule has 0 radical (unpaired) electrons. The second-order valence-electron chi connectivity index (χ2n) is 5.30. The van der Waals surface area contributed by atoms with Crippen LogP contribution in [-0.2, 0) is 4.74 Å². The van der Waals surface area contributed by atoms with Gasteiger partial charge in [-0.25, -0.2) is 9.59 Å². The molecule has 2 atom stereocenters. The van der Waals surface area contributed by atoms with Gasteiger partial charge in [0.05, 0.1) is 11.7 Å². The number of methoxy groups -OCH3 is 1. The van der Waals surface area contributed by atoms with Crippen LogP contribution in [0.4, 0.5) is 10.5 Å². The molecule has 6 heteroatoms. The van der Waals surface area contributed by atoms with E-state index in [1.165, 1.54) is 12.1 Å². The minimum absolute atomic E-state index is 0.0545. The van der Waals surface area contributed by atoms with Crippen LogP contribution < -0.4 is 5.32 Å². The summed E-state index contributed by atoms with van der Waals surface area (Å²) >= 11 is 0. The van der Waals surface area contributed by atoms with Gasteiger partial charge in [-0.3, -0.25) is 0 Å². The summed E-state index contributed by atoms with van der Waals surface area (Å²) in [6.45, 7) is 3.38. The predicted molar refractivity (Wildman–Crippen MR) is 78.6 cm³/mol. The molecule has 1 saturated heterocycles. The molecular formula is C15H20N2O4. The number of rotatable bonds is 3. The van der Waals surface area contributed by atoms with E-state index < -0.39 is 5.97 Å². The molecule has 0 aromatic heterocycles. The van der Waals surface area contributed by atoms with Crippen molar-refractivity contribution in [2.75, 3.05) is 25.5 Å². The van der Waals surface area contributed by atoms with Gasteiger partial charge in [0.1, 0.15) is 0 Å². The molecule has 2 unspecified atom stereocenters. The SMILES string of the molecule is COC1CN(C(=O)Nc2ccc(C(=O)O)cc2)CCC1C. The van der Waals surface area contributed by atoms with Gasteiger partial charge in [-0.2, -0.15) is 0 Å². The monoisotopic (exact) mass is 292 g/mol. The Hall–Kier alpha value is -2.08. The lowest BCUT2D eigenvalue weighted by atomic mass is 9.96. The predicted octanol–water partition coefficient (Wildman–Crippen LogP) is 2.27. The number of nitrogens with zero attached hydrogens (tertiary/aromatic N) is 1. The van der Waals surface area contributed by atoms with Crippen molar-refractivity contribution in [2.24, 2.45) is 5.92 Å². The van der Waals surface area contributed by atoms with Crippen molar-refractivity contribution in [3.8, 4) is 0 Å². The van der Waals surface area contributed by atoms with Gasteiger partial charge in [0.25, 0.3) is 0 Å². The van der Waals surface area contributed by atoms with Crippen molar-refractivity contribution in [1.29, 1.82) is 0 Å². The molecule has 1 aromatic carbocycles. The van der Waals surface area contributed by atoms with E-state index in [1.807, 2.05) is 0 Å². The number of hydrogen-bond donors (Lipinski definition) is 2. The highest BCUT2D eigenvalue weighted by atomic mass is 16.5. The molecule has 21 heavy (non-hydrogen) atoms. The van der Waals surface area contributed by atoms with E-state index in [4.69, 9.17) is 9.84 Å². The zero-order valence-corrected chi connectivity index (χ0v) is 12.2. The Morgan fingerprint density at radius 2 is 2.00 bits per heavy atom. The molecule has 2 rings (SSSR count). The number of aromatic carboxylic acids is 1. The Labute approximate surface area is 123 Å². The Balaban J connectivity index is 1.96. The highest BCUT2D eigenvalue weighted by molar-refractivity contribution is 5.91. The number of anilines is 1. The molecule has 1 aromatic rings. The normalized spacial score (nSPS) is 21.9. The molecule has 2 amide bonds. The number of piperidine rings is 1. The standard InChI is InChI=1S/C15H20N2O4/c1-10-7-8-17(9-13(10)21-2)15(20)16-12-5-3-11(4-6-12)14(18)19/h3-6,10,13H,7-9H2,1-2H3,(H,16,20)(H,18,19). The first-order valence-electron chi connectivity index (χ1n) is 6.93. The molecule has 0 spiro atoms. The smallest absolute Gasteiger partial charge is 0.335 e. The van der Waals surface area contributed by atoms with Crippen LogP contribution in [0.5, 0.6) is 0 Å². The fraction of sp³-hybridized carbons (Fsp3) is 0.467. The molecular weight excluding hydrogens is 272 g/mol. The van der Waals surface area contributed by atoms with Crippen LogP contribution in [0.25, 0.3) is 0 Å². The average Bonchev–Trinajstić information content (AvgIpc) is 2.48. The summed E-state index contributed by atoms with van der Waals surface area (Å²) in [5.41, 5.74) is 0.775. The van der Waals surface area contributed by atoms with E-state index in [0.29, 0.717) is 24.7 Å². The molecule has 6 nitrogen and oxygen atoms in total. The third-order valence-corrected chi connectivity index (χ3v) is 3.86. The molecule has 1 aliphatic rings. The van der Waals surface area contributed by atoms with E-state index in [-0.39, 0.29) is 17.7 Å². The Morgan fingerprint density at radius 3 is 2.57 bits per heavy atom. The second-order valence-corrected chi connectivity index (χ2v) is 5.30. The summed E-state index contributed by atoms with van der Waals surface area (Å²) in [4.78, 5) is 24.7. The Kier molecular flexibility index (Phi) is 4.80.